The van der Waals surface area contributed by atoms with Crippen molar-refractivity contribution in [2.24, 2.45) is 5.41 Å². The number of ether oxygens (including phenoxy) is 1. The van der Waals surface area contributed by atoms with Gasteiger partial charge in [-0.15, -0.1) is 0 Å². The fourth-order valence-corrected chi connectivity index (χ4v) is 4.24. The van der Waals surface area contributed by atoms with E-state index in [-0.39, 0.29) is 17.9 Å². The topological polar surface area (TPSA) is 53.0 Å². The number of aryl methyl sites for hydroxylation is 1. The van der Waals surface area contributed by atoms with E-state index in [0.29, 0.717) is 13.2 Å². The van der Waals surface area contributed by atoms with Crippen LogP contribution in [-0.4, -0.2) is 66.8 Å². The maximum absolute atomic E-state index is 12.8. The average molecular weight is 346 g/mol. The van der Waals surface area contributed by atoms with Gasteiger partial charge in [0.25, 0.3) is 0 Å². The molecule has 2 heterocycles. The first kappa shape index (κ1) is 18.2. The SMILES string of the molecule is CCc1ccccc1OCCN1CC[C@]2(CCCN(CCO)C2=O)C1. The van der Waals surface area contributed by atoms with Gasteiger partial charge in [0, 0.05) is 26.2 Å². The number of carbonyl (C=O) groups excluding carboxylic acids is 1. The van der Waals surface area contributed by atoms with Gasteiger partial charge >= 0.3 is 0 Å². The Kier molecular flexibility index (Phi) is 5.97. The zero-order valence-corrected chi connectivity index (χ0v) is 15.2. The van der Waals surface area contributed by atoms with E-state index in [1.807, 2.05) is 23.1 Å². The molecule has 1 amide bonds. The second-order valence-corrected chi connectivity index (χ2v) is 7.24. The number of likely N-dealkylation sites (tertiary alicyclic amines) is 2. The summed E-state index contributed by atoms with van der Waals surface area (Å²) in [6, 6.07) is 8.19. The fraction of sp³-hybridized carbons (Fsp3) is 0.650. The first-order valence-electron chi connectivity index (χ1n) is 9.52. The number of β-amino-alcohol motifs (C(OH)–C–C–N with tert-alkyl or cyclic N) is 1. The molecular weight excluding hydrogens is 316 g/mol. The molecule has 0 bridgehead atoms. The molecule has 2 aliphatic rings. The van der Waals surface area contributed by atoms with Gasteiger partial charge in [-0.3, -0.25) is 9.69 Å². The summed E-state index contributed by atoms with van der Waals surface area (Å²) in [6.07, 6.45) is 3.92. The lowest BCUT2D eigenvalue weighted by Crippen LogP contribution is -2.50. The molecule has 5 nitrogen and oxygen atoms in total. The molecule has 2 aliphatic heterocycles. The molecule has 0 aliphatic carbocycles. The second-order valence-electron chi connectivity index (χ2n) is 7.24. The van der Waals surface area contributed by atoms with E-state index in [1.54, 1.807) is 0 Å². The number of aliphatic hydroxyl groups excluding tert-OH is 1. The van der Waals surface area contributed by atoms with E-state index in [1.165, 1.54) is 5.56 Å². The molecule has 1 aromatic rings. The summed E-state index contributed by atoms with van der Waals surface area (Å²) in [6.45, 7) is 6.74. The molecule has 1 aromatic carbocycles. The molecule has 3 rings (SSSR count). The minimum atomic E-state index is -0.227. The zero-order chi connectivity index (χ0) is 17.7. The zero-order valence-electron chi connectivity index (χ0n) is 15.2. The molecular formula is C20H30N2O3. The molecule has 138 valence electrons. The number of piperidine rings is 1. The summed E-state index contributed by atoms with van der Waals surface area (Å²) in [5.74, 6) is 1.22. The Morgan fingerprint density at radius 1 is 1.20 bits per heavy atom. The molecule has 0 radical (unpaired) electrons. The van der Waals surface area contributed by atoms with Crippen molar-refractivity contribution in [3.05, 3.63) is 29.8 Å². The number of nitrogens with zero attached hydrogens (tertiary/aromatic N) is 2. The first-order valence-corrected chi connectivity index (χ1v) is 9.52. The van der Waals surface area contributed by atoms with Crippen LogP contribution in [-0.2, 0) is 11.2 Å². The van der Waals surface area contributed by atoms with Gasteiger partial charge in [0.2, 0.25) is 5.91 Å². The van der Waals surface area contributed by atoms with E-state index < -0.39 is 0 Å². The maximum Gasteiger partial charge on any atom is 0.230 e. The van der Waals surface area contributed by atoms with Gasteiger partial charge in [0.15, 0.2) is 0 Å². The number of rotatable bonds is 7. The van der Waals surface area contributed by atoms with Crippen molar-refractivity contribution in [3.8, 4) is 5.75 Å². The molecule has 0 saturated carbocycles. The Bertz CT molecular complexity index is 590. The van der Waals surface area contributed by atoms with Gasteiger partial charge in [0.05, 0.1) is 12.0 Å². The largest absolute Gasteiger partial charge is 0.492 e. The van der Waals surface area contributed by atoms with E-state index in [4.69, 9.17) is 9.84 Å². The molecule has 1 spiro atoms. The Hall–Kier alpha value is -1.59. The summed E-state index contributed by atoms with van der Waals surface area (Å²) < 4.78 is 5.98. The van der Waals surface area contributed by atoms with E-state index >= 15 is 0 Å². The number of hydrogen-bond acceptors (Lipinski definition) is 4. The minimum absolute atomic E-state index is 0.0518. The van der Waals surface area contributed by atoms with Crippen molar-refractivity contribution in [3.63, 3.8) is 0 Å². The van der Waals surface area contributed by atoms with Crippen molar-refractivity contribution < 1.29 is 14.6 Å². The standard InChI is InChI=1S/C20H30N2O3/c1-2-17-6-3-4-7-18(17)25-15-13-21-11-9-20(16-21)8-5-10-22(12-14-23)19(20)24/h3-4,6-7,23H,2,5,8-16H2,1H3/t20-/m1/s1. The predicted molar refractivity (Wildman–Crippen MR) is 97.7 cm³/mol. The van der Waals surface area contributed by atoms with Crippen molar-refractivity contribution in [2.75, 3.05) is 45.9 Å². The fourth-order valence-electron chi connectivity index (χ4n) is 4.24. The second kappa shape index (κ2) is 8.19. The molecule has 1 atom stereocenters. The summed E-state index contributed by atoms with van der Waals surface area (Å²) >= 11 is 0. The van der Waals surface area contributed by atoms with Crippen LogP contribution in [0.25, 0.3) is 0 Å². The van der Waals surface area contributed by atoms with E-state index in [0.717, 1.165) is 57.6 Å². The Morgan fingerprint density at radius 2 is 2.04 bits per heavy atom. The van der Waals surface area contributed by atoms with Gasteiger partial charge < -0.3 is 14.7 Å². The third-order valence-electron chi connectivity index (χ3n) is 5.65. The van der Waals surface area contributed by atoms with Crippen LogP contribution in [0.3, 0.4) is 0 Å². The highest BCUT2D eigenvalue weighted by molar-refractivity contribution is 5.84. The predicted octanol–water partition coefficient (Wildman–Crippen LogP) is 1.93. The number of hydrogen-bond donors (Lipinski definition) is 1. The Labute approximate surface area is 150 Å². The van der Waals surface area contributed by atoms with Crippen LogP contribution in [0.2, 0.25) is 0 Å². The van der Waals surface area contributed by atoms with Crippen LogP contribution in [0.5, 0.6) is 5.75 Å². The van der Waals surface area contributed by atoms with Crippen LogP contribution < -0.4 is 4.74 Å². The van der Waals surface area contributed by atoms with Crippen LogP contribution in [0.15, 0.2) is 24.3 Å². The van der Waals surface area contributed by atoms with Gasteiger partial charge in [-0.1, -0.05) is 25.1 Å². The highest BCUT2D eigenvalue weighted by atomic mass is 16.5. The number of amides is 1. The van der Waals surface area contributed by atoms with Crippen molar-refractivity contribution >= 4 is 5.91 Å². The average Bonchev–Trinajstić information content (AvgIpc) is 3.04. The van der Waals surface area contributed by atoms with E-state index in [9.17, 15) is 4.79 Å². The number of aliphatic hydroxyl groups is 1. The molecule has 5 heteroatoms. The maximum atomic E-state index is 12.8. The highest BCUT2D eigenvalue weighted by Crippen LogP contribution is 2.39. The van der Waals surface area contributed by atoms with Gasteiger partial charge in [-0.05, 0) is 43.9 Å². The number of benzene rings is 1. The summed E-state index contributed by atoms with van der Waals surface area (Å²) in [4.78, 5) is 17.0. The lowest BCUT2D eigenvalue weighted by Gasteiger charge is -2.39. The molecule has 0 aromatic heterocycles. The Balaban J connectivity index is 1.52. The van der Waals surface area contributed by atoms with Crippen molar-refractivity contribution in [1.82, 2.24) is 9.80 Å². The Morgan fingerprint density at radius 3 is 2.84 bits per heavy atom. The van der Waals surface area contributed by atoms with Crippen molar-refractivity contribution in [2.45, 2.75) is 32.6 Å². The smallest absolute Gasteiger partial charge is 0.230 e. The third kappa shape index (κ3) is 3.98. The van der Waals surface area contributed by atoms with Crippen molar-refractivity contribution in [1.29, 1.82) is 0 Å². The first-order chi connectivity index (χ1) is 12.2. The molecule has 0 unspecified atom stereocenters. The molecule has 1 N–H and O–H groups in total. The summed E-state index contributed by atoms with van der Waals surface area (Å²) in [5, 5.41) is 9.17. The van der Waals surface area contributed by atoms with Crippen LogP contribution in [0.4, 0.5) is 0 Å². The monoisotopic (exact) mass is 346 g/mol. The van der Waals surface area contributed by atoms with Gasteiger partial charge in [-0.25, -0.2) is 0 Å². The third-order valence-corrected chi connectivity index (χ3v) is 5.65. The normalized spacial score (nSPS) is 24.2. The molecule has 2 fully saturated rings. The number of para-hydroxylation sites is 1. The lowest BCUT2D eigenvalue weighted by molar-refractivity contribution is -0.146. The minimum Gasteiger partial charge on any atom is -0.492 e. The summed E-state index contributed by atoms with van der Waals surface area (Å²) in [7, 11) is 0. The quantitative estimate of drug-likeness (QED) is 0.820. The van der Waals surface area contributed by atoms with Gasteiger partial charge in [-0.2, -0.15) is 0 Å². The molecule has 25 heavy (non-hydrogen) atoms. The van der Waals surface area contributed by atoms with Crippen LogP contribution >= 0.6 is 0 Å². The van der Waals surface area contributed by atoms with Crippen LogP contribution in [0.1, 0.15) is 31.7 Å². The number of carbonyl (C=O) groups is 1. The lowest BCUT2D eigenvalue weighted by atomic mass is 9.78. The molecule has 2 saturated heterocycles. The van der Waals surface area contributed by atoms with E-state index in [2.05, 4.69) is 17.9 Å². The van der Waals surface area contributed by atoms with Gasteiger partial charge in [0.1, 0.15) is 12.4 Å². The highest BCUT2D eigenvalue weighted by Gasteiger charge is 2.47. The van der Waals surface area contributed by atoms with Crippen LogP contribution in [0, 0.1) is 5.41 Å². The summed E-state index contributed by atoms with van der Waals surface area (Å²) in [5.41, 5.74) is 1.01.